The van der Waals surface area contributed by atoms with Crippen LogP contribution in [0.15, 0.2) is 48.5 Å². The van der Waals surface area contributed by atoms with Gasteiger partial charge in [0.15, 0.2) is 6.10 Å². The highest BCUT2D eigenvalue weighted by Gasteiger charge is 2.29. The second kappa shape index (κ2) is 10.1. The van der Waals surface area contributed by atoms with Crippen molar-refractivity contribution in [1.82, 2.24) is 5.32 Å². The summed E-state index contributed by atoms with van der Waals surface area (Å²) in [5, 5.41) is 3.19. The maximum absolute atomic E-state index is 12.6. The largest absolute Gasteiger partial charge is 0.497 e. The first-order chi connectivity index (χ1) is 13.7. The Bertz CT molecular complexity index is 862. The molecule has 0 bridgehead atoms. The molecule has 2 rings (SSSR count). The first-order valence-corrected chi connectivity index (χ1v) is 9.56. The summed E-state index contributed by atoms with van der Waals surface area (Å²) in [6.45, 7) is 5.06. The zero-order valence-corrected chi connectivity index (χ0v) is 17.5. The van der Waals surface area contributed by atoms with Crippen LogP contribution in [0.4, 0.5) is 0 Å². The lowest BCUT2D eigenvalue weighted by Gasteiger charge is -2.23. The molecule has 154 valence electrons. The van der Waals surface area contributed by atoms with Gasteiger partial charge in [-0.3, -0.25) is 9.59 Å². The second-order valence-electron chi connectivity index (χ2n) is 6.87. The molecule has 0 aromatic heterocycles. The van der Waals surface area contributed by atoms with E-state index in [9.17, 15) is 14.4 Å². The predicted molar refractivity (Wildman–Crippen MR) is 110 cm³/mol. The molecule has 2 aromatic rings. The van der Waals surface area contributed by atoms with Crippen molar-refractivity contribution < 1.29 is 23.9 Å². The van der Waals surface area contributed by atoms with E-state index in [1.165, 1.54) is 14.0 Å². The molecule has 0 fully saturated rings. The lowest BCUT2D eigenvalue weighted by atomic mass is 10.0. The van der Waals surface area contributed by atoms with Gasteiger partial charge in [0.05, 0.1) is 7.11 Å². The Kier molecular flexibility index (Phi) is 7.79. The van der Waals surface area contributed by atoms with Gasteiger partial charge in [-0.05, 0) is 61.4 Å². The Hall–Kier alpha value is -2.86. The number of hydrogen-bond acceptors (Lipinski definition) is 5. The number of methoxy groups -OCH3 is 1. The van der Waals surface area contributed by atoms with Gasteiger partial charge in [0.2, 0.25) is 5.78 Å². The number of Topliss-reactive ketones (excluding diaryl/α,β-unsaturated/α-hetero) is 1. The first-order valence-electron chi connectivity index (χ1n) is 9.18. The van der Waals surface area contributed by atoms with E-state index in [-0.39, 0.29) is 11.7 Å². The van der Waals surface area contributed by atoms with E-state index >= 15 is 0 Å². The van der Waals surface area contributed by atoms with Crippen molar-refractivity contribution in [2.45, 2.75) is 32.9 Å². The normalized spacial score (nSPS) is 12.8. The van der Waals surface area contributed by atoms with Crippen LogP contribution in [-0.2, 0) is 9.53 Å². The highest BCUT2D eigenvalue weighted by atomic mass is 35.5. The van der Waals surface area contributed by atoms with Crippen LogP contribution in [0.1, 0.15) is 41.5 Å². The summed E-state index contributed by atoms with van der Waals surface area (Å²) in [5.74, 6) is -1.05. The molecule has 2 aromatic carbocycles. The third-order valence-electron chi connectivity index (χ3n) is 4.35. The lowest BCUT2D eigenvalue weighted by Crippen LogP contribution is -2.46. The quantitative estimate of drug-likeness (QED) is 0.520. The fraction of sp³-hybridized carbons (Fsp3) is 0.318. The Morgan fingerprint density at radius 1 is 0.897 bits per heavy atom. The van der Waals surface area contributed by atoms with Gasteiger partial charge < -0.3 is 14.8 Å². The number of amides is 1. The second-order valence-corrected chi connectivity index (χ2v) is 7.31. The smallest absolute Gasteiger partial charge is 0.329 e. The van der Waals surface area contributed by atoms with Crippen molar-refractivity contribution in [1.29, 1.82) is 0 Å². The van der Waals surface area contributed by atoms with Gasteiger partial charge in [0.25, 0.3) is 5.91 Å². The molecule has 1 amide bonds. The van der Waals surface area contributed by atoms with Gasteiger partial charge in [-0.1, -0.05) is 25.4 Å². The third kappa shape index (κ3) is 6.06. The minimum atomic E-state index is -0.997. The lowest BCUT2D eigenvalue weighted by molar-refractivity contribution is -0.149. The summed E-state index contributed by atoms with van der Waals surface area (Å²) in [6.07, 6.45) is -0.997. The zero-order chi connectivity index (χ0) is 21.6. The van der Waals surface area contributed by atoms with Gasteiger partial charge >= 0.3 is 5.97 Å². The van der Waals surface area contributed by atoms with Crippen molar-refractivity contribution in [2.24, 2.45) is 5.92 Å². The van der Waals surface area contributed by atoms with Crippen LogP contribution in [0.25, 0.3) is 0 Å². The minimum Gasteiger partial charge on any atom is -0.497 e. The molecular weight excluding hydrogens is 394 g/mol. The maximum atomic E-state index is 12.6. The molecule has 0 aliphatic heterocycles. The van der Waals surface area contributed by atoms with Crippen LogP contribution in [0, 0.1) is 5.92 Å². The summed E-state index contributed by atoms with van der Waals surface area (Å²) < 4.78 is 10.4. The molecule has 0 aliphatic carbocycles. The van der Waals surface area contributed by atoms with Crippen molar-refractivity contribution in [3.8, 4) is 5.75 Å². The molecule has 0 unspecified atom stereocenters. The van der Waals surface area contributed by atoms with Crippen molar-refractivity contribution in [2.75, 3.05) is 7.11 Å². The first kappa shape index (κ1) is 22.4. The van der Waals surface area contributed by atoms with Crippen molar-refractivity contribution in [3.05, 3.63) is 64.7 Å². The average Bonchev–Trinajstić information content (AvgIpc) is 2.71. The molecule has 2 atom stereocenters. The molecule has 0 aliphatic rings. The van der Waals surface area contributed by atoms with Gasteiger partial charge in [0.1, 0.15) is 11.8 Å². The molecule has 29 heavy (non-hydrogen) atoms. The number of carbonyl (C=O) groups excluding carboxylic acids is 3. The molecule has 6 nitrogen and oxygen atoms in total. The van der Waals surface area contributed by atoms with E-state index in [1.54, 1.807) is 62.4 Å². The summed E-state index contributed by atoms with van der Waals surface area (Å²) in [6, 6.07) is 11.9. The number of carbonyl (C=O) groups is 3. The molecular formula is C22H24ClNO5. The topological polar surface area (TPSA) is 81.7 Å². The van der Waals surface area contributed by atoms with Gasteiger partial charge in [0, 0.05) is 16.1 Å². The Balaban J connectivity index is 2.05. The molecule has 7 heteroatoms. The highest BCUT2D eigenvalue weighted by molar-refractivity contribution is 6.30. The number of ether oxygens (including phenoxy) is 2. The standard InChI is InChI=1S/C22H24ClNO5/c1-13(2)19(24-21(26)16-7-11-18(28-4)12-8-16)22(27)29-14(3)20(25)15-5-9-17(23)10-6-15/h5-14,19H,1-4H3,(H,24,26)/t14-,19+/m1/s1. The summed E-state index contributed by atoms with van der Waals surface area (Å²) in [7, 11) is 1.53. The monoisotopic (exact) mass is 417 g/mol. The number of halogens is 1. The van der Waals surface area contributed by atoms with Crippen LogP contribution in [0.2, 0.25) is 5.02 Å². The SMILES string of the molecule is COc1ccc(C(=O)N[C@H](C(=O)O[C@H](C)C(=O)c2ccc(Cl)cc2)C(C)C)cc1. The van der Waals surface area contributed by atoms with Gasteiger partial charge in [-0.15, -0.1) is 0 Å². The third-order valence-corrected chi connectivity index (χ3v) is 4.60. The predicted octanol–water partition coefficient (Wildman–Crippen LogP) is 3.92. The molecule has 1 N–H and O–H groups in total. The summed E-state index contributed by atoms with van der Waals surface area (Å²) in [4.78, 5) is 37.6. The fourth-order valence-electron chi connectivity index (χ4n) is 2.61. The Morgan fingerprint density at radius 2 is 1.45 bits per heavy atom. The molecule has 0 heterocycles. The van der Waals surface area contributed by atoms with E-state index in [1.807, 2.05) is 0 Å². The Labute approximate surface area is 175 Å². The van der Waals surface area contributed by atoms with E-state index in [0.717, 1.165) is 0 Å². The molecule has 0 saturated heterocycles. The molecule has 0 radical (unpaired) electrons. The van der Waals surface area contributed by atoms with E-state index in [4.69, 9.17) is 21.1 Å². The molecule has 0 spiro atoms. The summed E-state index contributed by atoms with van der Waals surface area (Å²) >= 11 is 5.83. The van der Waals surface area contributed by atoms with Crippen molar-refractivity contribution in [3.63, 3.8) is 0 Å². The molecule has 0 saturated carbocycles. The van der Waals surface area contributed by atoms with Gasteiger partial charge in [-0.2, -0.15) is 0 Å². The number of esters is 1. The number of hydrogen-bond donors (Lipinski definition) is 1. The number of benzene rings is 2. The van der Waals surface area contributed by atoms with Crippen LogP contribution in [0.5, 0.6) is 5.75 Å². The highest BCUT2D eigenvalue weighted by Crippen LogP contribution is 2.15. The van der Waals surface area contributed by atoms with Crippen LogP contribution in [-0.4, -0.2) is 36.9 Å². The number of nitrogens with one attached hydrogen (secondary N) is 1. The average molecular weight is 418 g/mol. The van der Waals surface area contributed by atoms with Crippen LogP contribution >= 0.6 is 11.6 Å². The van der Waals surface area contributed by atoms with E-state index < -0.39 is 24.0 Å². The van der Waals surface area contributed by atoms with Gasteiger partial charge in [-0.25, -0.2) is 4.79 Å². The number of rotatable bonds is 8. The van der Waals surface area contributed by atoms with Crippen LogP contribution < -0.4 is 10.1 Å². The minimum absolute atomic E-state index is 0.234. The fourth-order valence-corrected chi connectivity index (χ4v) is 2.74. The summed E-state index contributed by atoms with van der Waals surface area (Å²) in [5.41, 5.74) is 0.771. The zero-order valence-electron chi connectivity index (χ0n) is 16.8. The Morgan fingerprint density at radius 3 is 1.97 bits per heavy atom. The van der Waals surface area contributed by atoms with Crippen LogP contribution in [0.3, 0.4) is 0 Å². The maximum Gasteiger partial charge on any atom is 0.329 e. The number of ketones is 1. The van der Waals surface area contributed by atoms with E-state index in [0.29, 0.717) is 21.9 Å². The van der Waals surface area contributed by atoms with E-state index in [2.05, 4.69) is 5.32 Å². The van der Waals surface area contributed by atoms with Crippen molar-refractivity contribution >= 4 is 29.3 Å².